The summed E-state index contributed by atoms with van der Waals surface area (Å²) in [5.41, 5.74) is 2.79. The van der Waals surface area contributed by atoms with E-state index in [1.54, 1.807) is 16.8 Å². The molecule has 1 aromatic heterocycles. The minimum absolute atomic E-state index is 0.0531. The van der Waals surface area contributed by atoms with E-state index in [9.17, 15) is 14.9 Å². The number of aromatic nitrogens is 2. The number of benzene rings is 2. The zero-order valence-electron chi connectivity index (χ0n) is 16.2. The molecule has 0 unspecified atom stereocenters. The standard InChI is InChI=1S/C21H23N5O3/c1-16-14-20(25(24-16)15-17-6-3-2-4-7-17)23-21(27)8-5-13-22-18-9-11-19(12-10-18)26(28)29/h2-4,6-7,9-12,14,22H,5,8,13,15H2,1H3,(H,23,27). The van der Waals surface area contributed by atoms with E-state index in [0.717, 1.165) is 16.9 Å². The van der Waals surface area contributed by atoms with Gasteiger partial charge in [0, 0.05) is 36.9 Å². The van der Waals surface area contributed by atoms with Crippen LogP contribution in [-0.4, -0.2) is 27.2 Å². The van der Waals surface area contributed by atoms with E-state index in [4.69, 9.17) is 0 Å². The number of carbonyl (C=O) groups excluding carboxylic acids is 1. The maximum Gasteiger partial charge on any atom is 0.269 e. The minimum Gasteiger partial charge on any atom is -0.385 e. The number of amides is 1. The molecule has 0 bridgehead atoms. The lowest BCUT2D eigenvalue weighted by atomic mass is 10.2. The van der Waals surface area contributed by atoms with Crippen molar-refractivity contribution in [3.63, 3.8) is 0 Å². The molecule has 0 saturated carbocycles. The zero-order valence-corrected chi connectivity index (χ0v) is 16.2. The predicted molar refractivity (Wildman–Crippen MR) is 112 cm³/mol. The summed E-state index contributed by atoms with van der Waals surface area (Å²) < 4.78 is 1.79. The lowest BCUT2D eigenvalue weighted by Gasteiger charge is -2.10. The van der Waals surface area contributed by atoms with Gasteiger partial charge in [0.1, 0.15) is 5.82 Å². The highest BCUT2D eigenvalue weighted by Crippen LogP contribution is 2.16. The first kappa shape index (κ1) is 20.1. The number of hydrogen-bond donors (Lipinski definition) is 2. The van der Waals surface area contributed by atoms with Crippen molar-refractivity contribution in [2.24, 2.45) is 0 Å². The summed E-state index contributed by atoms with van der Waals surface area (Å²) >= 11 is 0. The first-order valence-corrected chi connectivity index (χ1v) is 9.38. The van der Waals surface area contributed by atoms with Crippen LogP contribution in [-0.2, 0) is 11.3 Å². The Morgan fingerprint density at radius 2 is 1.86 bits per heavy atom. The van der Waals surface area contributed by atoms with E-state index in [1.807, 2.05) is 43.3 Å². The quantitative estimate of drug-likeness (QED) is 0.325. The van der Waals surface area contributed by atoms with Gasteiger partial charge in [0.05, 0.1) is 17.2 Å². The monoisotopic (exact) mass is 393 g/mol. The average Bonchev–Trinajstić information content (AvgIpc) is 3.05. The third kappa shape index (κ3) is 5.90. The Balaban J connectivity index is 1.46. The molecule has 1 amide bonds. The zero-order chi connectivity index (χ0) is 20.6. The number of carbonyl (C=O) groups is 1. The maximum absolute atomic E-state index is 12.3. The molecule has 0 aliphatic carbocycles. The second-order valence-electron chi connectivity index (χ2n) is 6.70. The second kappa shape index (κ2) is 9.50. The van der Waals surface area contributed by atoms with Gasteiger partial charge in [0.25, 0.3) is 5.69 Å². The highest BCUT2D eigenvalue weighted by atomic mass is 16.6. The van der Waals surface area contributed by atoms with Crippen molar-refractivity contribution in [1.82, 2.24) is 9.78 Å². The van der Waals surface area contributed by atoms with Gasteiger partial charge in [-0.15, -0.1) is 0 Å². The molecule has 2 aromatic carbocycles. The molecule has 0 atom stereocenters. The second-order valence-corrected chi connectivity index (χ2v) is 6.70. The molecule has 0 aliphatic rings. The van der Waals surface area contributed by atoms with E-state index in [2.05, 4.69) is 15.7 Å². The van der Waals surface area contributed by atoms with Crippen LogP contribution in [0, 0.1) is 17.0 Å². The summed E-state index contributed by atoms with van der Waals surface area (Å²) in [5.74, 6) is 0.601. The van der Waals surface area contributed by atoms with Gasteiger partial charge >= 0.3 is 0 Å². The summed E-state index contributed by atoms with van der Waals surface area (Å²) in [4.78, 5) is 22.5. The Hall–Kier alpha value is -3.68. The fourth-order valence-electron chi connectivity index (χ4n) is 2.91. The molecule has 0 fully saturated rings. The SMILES string of the molecule is Cc1cc(NC(=O)CCCNc2ccc([N+](=O)[O-])cc2)n(Cc2ccccc2)n1. The van der Waals surface area contributed by atoms with Crippen molar-refractivity contribution in [3.8, 4) is 0 Å². The van der Waals surface area contributed by atoms with Gasteiger partial charge in [-0.05, 0) is 31.0 Å². The fraction of sp³-hybridized carbons (Fsp3) is 0.238. The first-order valence-electron chi connectivity index (χ1n) is 9.38. The topological polar surface area (TPSA) is 102 Å². The van der Waals surface area contributed by atoms with Crippen molar-refractivity contribution in [2.75, 3.05) is 17.2 Å². The molecule has 0 saturated heterocycles. The number of non-ortho nitro benzene ring substituents is 1. The lowest BCUT2D eigenvalue weighted by Crippen LogP contribution is -2.17. The van der Waals surface area contributed by atoms with E-state index in [-0.39, 0.29) is 11.6 Å². The molecule has 3 aromatic rings. The molecule has 29 heavy (non-hydrogen) atoms. The molecular weight excluding hydrogens is 370 g/mol. The summed E-state index contributed by atoms with van der Waals surface area (Å²) in [6, 6.07) is 18.0. The molecule has 3 rings (SSSR count). The molecule has 1 heterocycles. The Morgan fingerprint density at radius 3 is 2.55 bits per heavy atom. The van der Waals surface area contributed by atoms with Crippen LogP contribution in [0.15, 0.2) is 60.7 Å². The van der Waals surface area contributed by atoms with Crippen LogP contribution in [0.2, 0.25) is 0 Å². The van der Waals surface area contributed by atoms with Crippen molar-refractivity contribution in [2.45, 2.75) is 26.3 Å². The van der Waals surface area contributed by atoms with Gasteiger partial charge in [0.2, 0.25) is 5.91 Å². The molecule has 0 aliphatic heterocycles. The van der Waals surface area contributed by atoms with E-state index >= 15 is 0 Å². The van der Waals surface area contributed by atoms with E-state index in [1.165, 1.54) is 12.1 Å². The number of rotatable bonds is 9. The van der Waals surface area contributed by atoms with Crippen LogP contribution < -0.4 is 10.6 Å². The number of nitrogens with one attached hydrogen (secondary N) is 2. The average molecular weight is 393 g/mol. The summed E-state index contributed by atoms with van der Waals surface area (Å²) in [5, 5.41) is 21.2. The van der Waals surface area contributed by atoms with Crippen LogP contribution >= 0.6 is 0 Å². The Kier molecular flexibility index (Phi) is 6.57. The smallest absolute Gasteiger partial charge is 0.269 e. The van der Waals surface area contributed by atoms with Crippen molar-refractivity contribution in [3.05, 3.63) is 82.0 Å². The Labute approximate surface area is 168 Å². The summed E-state index contributed by atoms with van der Waals surface area (Å²) in [6.45, 7) is 3.07. The molecule has 2 N–H and O–H groups in total. The summed E-state index contributed by atoms with van der Waals surface area (Å²) in [7, 11) is 0. The third-order valence-electron chi connectivity index (χ3n) is 4.33. The molecule has 8 heteroatoms. The molecule has 0 spiro atoms. The highest BCUT2D eigenvalue weighted by Gasteiger charge is 2.10. The van der Waals surface area contributed by atoms with Gasteiger partial charge in [0.15, 0.2) is 0 Å². The molecule has 0 radical (unpaired) electrons. The van der Waals surface area contributed by atoms with E-state index < -0.39 is 4.92 Å². The minimum atomic E-state index is -0.432. The number of nitrogens with zero attached hydrogens (tertiary/aromatic N) is 3. The van der Waals surface area contributed by atoms with Crippen molar-refractivity contribution < 1.29 is 9.72 Å². The number of nitro benzene ring substituents is 1. The van der Waals surface area contributed by atoms with Crippen LogP contribution in [0.25, 0.3) is 0 Å². The maximum atomic E-state index is 12.3. The van der Waals surface area contributed by atoms with Crippen LogP contribution in [0.3, 0.4) is 0 Å². The molecule has 8 nitrogen and oxygen atoms in total. The van der Waals surface area contributed by atoms with Crippen molar-refractivity contribution in [1.29, 1.82) is 0 Å². The Bertz CT molecular complexity index is 968. The molecular formula is C21H23N5O3. The van der Waals surface area contributed by atoms with Gasteiger partial charge in [-0.25, -0.2) is 4.68 Å². The number of aryl methyl sites for hydroxylation is 1. The predicted octanol–water partition coefficient (Wildman–Crippen LogP) is 3.98. The van der Waals surface area contributed by atoms with E-state index in [0.29, 0.717) is 31.7 Å². The number of nitro groups is 1. The van der Waals surface area contributed by atoms with Crippen LogP contribution in [0.4, 0.5) is 17.2 Å². The van der Waals surface area contributed by atoms with Gasteiger partial charge < -0.3 is 10.6 Å². The molecule has 150 valence electrons. The van der Waals surface area contributed by atoms with Crippen LogP contribution in [0.1, 0.15) is 24.1 Å². The number of anilines is 2. The van der Waals surface area contributed by atoms with Gasteiger partial charge in [-0.1, -0.05) is 30.3 Å². The highest BCUT2D eigenvalue weighted by molar-refractivity contribution is 5.89. The fourth-order valence-corrected chi connectivity index (χ4v) is 2.91. The van der Waals surface area contributed by atoms with Gasteiger partial charge in [-0.2, -0.15) is 5.10 Å². The normalized spacial score (nSPS) is 10.5. The largest absolute Gasteiger partial charge is 0.385 e. The van der Waals surface area contributed by atoms with Crippen molar-refractivity contribution >= 4 is 23.1 Å². The Morgan fingerprint density at radius 1 is 1.14 bits per heavy atom. The summed E-state index contributed by atoms with van der Waals surface area (Å²) in [6.07, 6.45) is 0.990. The first-order chi connectivity index (χ1) is 14.0. The number of hydrogen-bond acceptors (Lipinski definition) is 5. The van der Waals surface area contributed by atoms with Gasteiger partial charge in [-0.3, -0.25) is 14.9 Å². The van der Waals surface area contributed by atoms with Crippen LogP contribution in [0.5, 0.6) is 0 Å². The lowest BCUT2D eigenvalue weighted by molar-refractivity contribution is -0.384. The third-order valence-corrected chi connectivity index (χ3v) is 4.33.